The van der Waals surface area contributed by atoms with E-state index in [9.17, 15) is 9.59 Å². The van der Waals surface area contributed by atoms with Crippen molar-refractivity contribution in [1.82, 2.24) is 5.32 Å². The predicted octanol–water partition coefficient (Wildman–Crippen LogP) is 2.22. The molecule has 0 atom stereocenters. The van der Waals surface area contributed by atoms with Crippen LogP contribution >= 0.6 is 0 Å². The van der Waals surface area contributed by atoms with E-state index >= 15 is 0 Å². The molecule has 0 aliphatic carbocycles. The van der Waals surface area contributed by atoms with E-state index in [0.717, 1.165) is 0 Å². The first kappa shape index (κ1) is 19.3. The summed E-state index contributed by atoms with van der Waals surface area (Å²) in [4.78, 5) is 26.3. The topological polar surface area (TPSA) is 86.3 Å². The Morgan fingerprint density at radius 3 is 2.39 bits per heavy atom. The van der Waals surface area contributed by atoms with Gasteiger partial charge in [0.2, 0.25) is 12.7 Å². The average molecular weight is 386 g/mol. The van der Waals surface area contributed by atoms with Crippen LogP contribution in [0.5, 0.6) is 23.0 Å². The molecule has 0 spiro atoms. The van der Waals surface area contributed by atoms with Crippen molar-refractivity contribution in [3.63, 3.8) is 0 Å². The lowest BCUT2D eigenvalue weighted by Crippen LogP contribution is -2.37. The van der Waals surface area contributed by atoms with E-state index in [0.29, 0.717) is 34.2 Å². The van der Waals surface area contributed by atoms with Crippen LogP contribution in [0, 0.1) is 0 Å². The molecular weight excluding hydrogens is 364 g/mol. The molecule has 8 nitrogen and oxygen atoms in total. The molecule has 8 heteroatoms. The van der Waals surface area contributed by atoms with Crippen molar-refractivity contribution in [2.45, 2.75) is 6.92 Å². The Labute approximate surface area is 162 Å². The summed E-state index contributed by atoms with van der Waals surface area (Å²) in [7, 11) is 2.98. The molecule has 1 aliphatic rings. The highest BCUT2D eigenvalue weighted by Crippen LogP contribution is 2.35. The van der Waals surface area contributed by atoms with Crippen molar-refractivity contribution < 1.29 is 28.5 Å². The lowest BCUT2D eigenvalue weighted by atomic mass is 10.1. The maximum Gasteiger partial charge on any atom is 0.258 e. The molecule has 0 saturated carbocycles. The van der Waals surface area contributed by atoms with Crippen LogP contribution in [0.1, 0.15) is 17.3 Å². The molecule has 0 radical (unpaired) electrons. The summed E-state index contributed by atoms with van der Waals surface area (Å²) in [5.41, 5.74) is 0.978. The van der Waals surface area contributed by atoms with Crippen LogP contribution in [-0.4, -0.2) is 45.9 Å². The summed E-state index contributed by atoms with van der Waals surface area (Å²) < 4.78 is 21.2. The number of benzene rings is 2. The van der Waals surface area contributed by atoms with E-state index in [1.54, 1.807) is 41.3 Å². The molecule has 148 valence electrons. The van der Waals surface area contributed by atoms with Gasteiger partial charge in [0.1, 0.15) is 17.1 Å². The summed E-state index contributed by atoms with van der Waals surface area (Å²) in [5, 5.41) is 2.81. The summed E-state index contributed by atoms with van der Waals surface area (Å²) in [6, 6.07) is 10.4. The van der Waals surface area contributed by atoms with Crippen LogP contribution in [-0.2, 0) is 4.79 Å². The van der Waals surface area contributed by atoms with E-state index in [2.05, 4.69) is 5.32 Å². The van der Waals surface area contributed by atoms with Crippen LogP contribution in [0.15, 0.2) is 36.4 Å². The summed E-state index contributed by atoms with van der Waals surface area (Å²) in [5.74, 6) is 1.56. The first-order valence-corrected chi connectivity index (χ1v) is 8.72. The van der Waals surface area contributed by atoms with Crippen molar-refractivity contribution >= 4 is 17.5 Å². The van der Waals surface area contributed by atoms with E-state index < -0.39 is 0 Å². The Balaban J connectivity index is 1.69. The van der Waals surface area contributed by atoms with Crippen LogP contribution in [0.3, 0.4) is 0 Å². The van der Waals surface area contributed by atoms with Crippen molar-refractivity contribution in [3.8, 4) is 23.0 Å². The van der Waals surface area contributed by atoms with Crippen molar-refractivity contribution in [1.29, 1.82) is 0 Å². The number of carbonyl (C=O) groups excluding carboxylic acids is 2. The molecule has 1 heterocycles. The number of fused-ring (bicyclic) bond motifs is 1. The third-order valence-electron chi connectivity index (χ3n) is 4.32. The van der Waals surface area contributed by atoms with Gasteiger partial charge in [0.25, 0.3) is 5.91 Å². The van der Waals surface area contributed by atoms with Crippen LogP contribution < -0.4 is 29.2 Å². The number of rotatable bonds is 7. The monoisotopic (exact) mass is 386 g/mol. The van der Waals surface area contributed by atoms with Gasteiger partial charge in [-0.25, -0.2) is 0 Å². The summed E-state index contributed by atoms with van der Waals surface area (Å²) in [6.07, 6.45) is 0. The van der Waals surface area contributed by atoms with Crippen molar-refractivity contribution in [2.24, 2.45) is 0 Å². The fraction of sp³-hybridized carbons (Fsp3) is 0.300. The van der Waals surface area contributed by atoms with Gasteiger partial charge >= 0.3 is 0 Å². The second kappa shape index (κ2) is 8.51. The quantitative estimate of drug-likeness (QED) is 0.785. The number of anilines is 1. The lowest BCUT2D eigenvalue weighted by molar-refractivity contribution is -0.116. The number of amides is 2. The van der Waals surface area contributed by atoms with Gasteiger partial charge in [-0.15, -0.1) is 0 Å². The van der Waals surface area contributed by atoms with E-state index in [1.165, 1.54) is 21.1 Å². The van der Waals surface area contributed by atoms with Crippen LogP contribution in [0.4, 0.5) is 5.69 Å². The van der Waals surface area contributed by atoms with Crippen LogP contribution in [0.25, 0.3) is 0 Å². The maximum absolute atomic E-state index is 12.6. The number of ether oxygens (including phenoxy) is 4. The molecular formula is C20H22N2O6. The molecule has 0 fully saturated rings. The van der Waals surface area contributed by atoms with Crippen molar-refractivity contribution in [3.05, 3.63) is 42.0 Å². The number of nitrogens with zero attached hydrogens (tertiary/aromatic N) is 1. The molecule has 2 aromatic rings. The number of hydrogen-bond donors (Lipinski definition) is 1. The normalized spacial score (nSPS) is 11.7. The maximum atomic E-state index is 12.6. The van der Waals surface area contributed by atoms with Gasteiger partial charge in [0.15, 0.2) is 11.5 Å². The number of methoxy groups -OCH3 is 2. The van der Waals surface area contributed by atoms with Gasteiger partial charge in [-0.2, -0.15) is 0 Å². The minimum Gasteiger partial charge on any atom is -0.496 e. The molecule has 1 aliphatic heterocycles. The lowest BCUT2D eigenvalue weighted by Gasteiger charge is -2.22. The zero-order valence-corrected chi connectivity index (χ0v) is 16.0. The fourth-order valence-electron chi connectivity index (χ4n) is 2.97. The highest BCUT2D eigenvalue weighted by molar-refractivity contribution is 6.00. The Hall–Kier alpha value is -3.42. The molecule has 0 aromatic heterocycles. The predicted molar refractivity (Wildman–Crippen MR) is 102 cm³/mol. The van der Waals surface area contributed by atoms with E-state index in [1.807, 2.05) is 0 Å². The third-order valence-corrected chi connectivity index (χ3v) is 4.32. The number of carbonyl (C=O) groups is 2. The highest BCUT2D eigenvalue weighted by atomic mass is 16.7. The minimum atomic E-state index is -0.344. The standard InChI is InChI=1S/C20H22N2O6/c1-13(23)22(14-7-8-15-18(11-14)28-12-27-15)10-9-21-20(24)19-16(25-2)5-4-6-17(19)26-3/h4-8,11H,9-10,12H2,1-3H3,(H,21,24). The Morgan fingerprint density at radius 1 is 1.07 bits per heavy atom. The first-order valence-electron chi connectivity index (χ1n) is 8.72. The second-order valence-electron chi connectivity index (χ2n) is 6.00. The molecule has 3 rings (SSSR count). The zero-order chi connectivity index (χ0) is 20.1. The Morgan fingerprint density at radius 2 is 1.75 bits per heavy atom. The molecule has 2 aromatic carbocycles. The van der Waals surface area contributed by atoms with Crippen molar-refractivity contribution in [2.75, 3.05) is 39.0 Å². The van der Waals surface area contributed by atoms with Crippen LogP contribution in [0.2, 0.25) is 0 Å². The van der Waals surface area contributed by atoms with Gasteiger partial charge in [-0.1, -0.05) is 6.07 Å². The van der Waals surface area contributed by atoms with Gasteiger partial charge in [-0.05, 0) is 24.3 Å². The van der Waals surface area contributed by atoms with E-state index in [4.69, 9.17) is 18.9 Å². The Bertz CT molecular complexity index is 861. The smallest absolute Gasteiger partial charge is 0.258 e. The highest BCUT2D eigenvalue weighted by Gasteiger charge is 2.20. The molecule has 2 amide bonds. The number of hydrogen-bond acceptors (Lipinski definition) is 6. The number of nitrogens with one attached hydrogen (secondary N) is 1. The fourth-order valence-corrected chi connectivity index (χ4v) is 2.97. The summed E-state index contributed by atoms with van der Waals surface area (Å²) in [6.45, 7) is 2.16. The zero-order valence-electron chi connectivity index (χ0n) is 16.0. The average Bonchev–Trinajstić information content (AvgIpc) is 3.17. The molecule has 0 bridgehead atoms. The molecule has 1 N–H and O–H groups in total. The van der Waals surface area contributed by atoms with E-state index in [-0.39, 0.29) is 31.7 Å². The Kier molecular flexibility index (Phi) is 5.88. The SMILES string of the molecule is COc1cccc(OC)c1C(=O)NCCN(C(C)=O)c1ccc2c(c1)OCO2. The third kappa shape index (κ3) is 3.95. The first-order chi connectivity index (χ1) is 13.5. The van der Waals surface area contributed by atoms with Gasteiger partial charge in [0.05, 0.1) is 14.2 Å². The summed E-state index contributed by atoms with van der Waals surface area (Å²) >= 11 is 0. The molecule has 0 saturated heterocycles. The minimum absolute atomic E-state index is 0.150. The second-order valence-corrected chi connectivity index (χ2v) is 6.00. The van der Waals surface area contributed by atoms with Gasteiger partial charge in [0, 0.05) is 31.8 Å². The molecule has 28 heavy (non-hydrogen) atoms. The van der Waals surface area contributed by atoms with Gasteiger partial charge in [-0.3, -0.25) is 9.59 Å². The molecule has 0 unspecified atom stereocenters. The van der Waals surface area contributed by atoms with Gasteiger partial charge < -0.3 is 29.2 Å². The largest absolute Gasteiger partial charge is 0.496 e.